The van der Waals surface area contributed by atoms with Crippen molar-refractivity contribution in [3.05, 3.63) is 69.7 Å². The predicted octanol–water partition coefficient (Wildman–Crippen LogP) is 4.21. The van der Waals surface area contributed by atoms with Crippen LogP contribution in [-0.4, -0.2) is 43.9 Å². The maximum absolute atomic E-state index is 12.8. The van der Waals surface area contributed by atoms with Gasteiger partial charge in [0.25, 0.3) is 0 Å². The Morgan fingerprint density at radius 2 is 1.67 bits per heavy atom. The van der Waals surface area contributed by atoms with Crippen molar-refractivity contribution >= 4 is 38.1 Å². The van der Waals surface area contributed by atoms with Crippen LogP contribution >= 0.6 is 11.6 Å². The number of nitrogens with zero attached hydrogens (tertiary/aromatic N) is 2. The zero-order chi connectivity index (χ0) is 21.3. The van der Waals surface area contributed by atoms with Gasteiger partial charge in [0.2, 0.25) is 15.8 Å². The summed E-state index contributed by atoms with van der Waals surface area (Å²) in [6, 6.07) is 14.1. The fraction of sp³-hybridized carbons (Fsp3) is 0.200. The molecule has 0 N–H and O–H groups in total. The molecule has 30 heavy (non-hydrogen) atoms. The number of rotatable bonds is 5. The van der Waals surface area contributed by atoms with Gasteiger partial charge in [0.1, 0.15) is 5.75 Å². The minimum Gasteiger partial charge on any atom is -0.449 e. The molecule has 0 bridgehead atoms. The second-order valence-corrected chi connectivity index (χ2v) is 8.94. The van der Waals surface area contributed by atoms with E-state index >= 15 is 0 Å². The molecule has 0 saturated carbocycles. The van der Waals surface area contributed by atoms with E-state index in [4.69, 9.17) is 21.1 Å². The normalized spacial score (nSPS) is 15.2. The van der Waals surface area contributed by atoms with Gasteiger partial charge in [-0.3, -0.25) is 10.1 Å². The van der Waals surface area contributed by atoms with Crippen LogP contribution in [0, 0.1) is 10.1 Å². The van der Waals surface area contributed by atoms with E-state index in [0.29, 0.717) is 16.2 Å². The largest absolute Gasteiger partial charge is 0.449 e. The highest BCUT2D eigenvalue weighted by Crippen LogP contribution is 2.38. The summed E-state index contributed by atoms with van der Waals surface area (Å²) in [5.41, 5.74) is -0.441. The van der Waals surface area contributed by atoms with Gasteiger partial charge < -0.3 is 9.47 Å². The quantitative estimate of drug-likeness (QED) is 0.428. The van der Waals surface area contributed by atoms with Crippen molar-refractivity contribution in [2.24, 2.45) is 0 Å². The van der Waals surface area contributed by atoms with Crippen molar-refractivity contribution < 1.29 is 22.8 Å². The minimum atomic E-state index is -3.87. The molecule has 0 amide bonds. The predicted molar refractivity (Wildman–Crippen MR) is 112 cm³/mol. The molecule has 1 aliphatic rings. The average molecular weight is 449 g/mol. The van der Waals surface area contributed by atoms with E-state index < -0.39 is 20.6 Å². The number of sulfonamides is 1. The summed E-state index contributed by atoms with van der Waals surface area (Å²) in [4.78, 5) is 10.8. The van der Waals surface area contributed by atoms with Crippen LogP contribution in [0.2, 0.25) is 5.02 Å². The third kappa shape index (κ3) is 3.84. The Kier molecular flexibility index (Phi) is 5.61. The summed E-state index contributed by atoms with van der Waals surface area (Å²) in [6.07, 6.45) is 0. The molecule has 156 valence electrons. The second-order valence-electron chi connectivity index (χ2n) is 6.60. The molecule has 0 aliphatic carbocycles. The highest BCUT2D eigenvalue weighted by molar-refractivity contribution is 7.89. The molecule has 8 nitrogen and oxygen atoms in total. The van der Waals surface area contributed by atoms with Crippen molar-refractivity contribution in [1.82, 2.24) is 4.31 Å². The first-order valence-electron chi connectivity index (χ1n) is 9.09. The van der Waals surface area contributed by atoms with Gasteiger partial charge in [-0.2, -0.15) is 4.31 Å². The number of halogens is 1. The first kappa shape index (κ1) is 20.5. The number of fused-ring (bicyclic) bond motifs is 1. The smallest absolute Gasteiger partial charge is 0.312 e. The Morgan fingerprint density at radius 3 is 2.37 bits per heavy atom. The van der Waals surface area contributed by atoms with Crippen molar-refractivity contribution in [2.75, 3.05) is 26.3 Å². The van der Waals surface area contributed by atoms with Crippen LogP contribution < -0.4 is 4.74 Å². The number of hydrogen-bond donors (Lipinski definition) is 0. The molecule has 3 aromatic rings. The van der Waals surface area contributed by atoms with Gasteiger partial charge in [0.05, 0.1) is 23.0 Å². The van der Waals surface area contributed by atoms with Gasteiger partial charge in [-0.05, 0) is 24.3 Å². The summed E-state index contributed by atoms with van der Waals surface area (Å²) in [6.45, 7) is 0.967. The fourth-order valence-corrected chi connectivity index (χ4v) is 4.92. The average Bonchev–Trinajstić information content (AvgIpc) is 2.76. The van der Waals surface area contributed by atoms with Gasteiger partial charge in [0.15, 0.2) is 0 Å². The molecule has 1 saturated heterocycles. The lowest BCUT2D eigenvalue weighted by Gasteiger charge is -2.26. The first-order valence-corrected chi connectivity index (χ1v) is 10.9. The number of nitro benzene ring substituents is 1. The lowest BCUT2D eigenvalue weighted by Crippen LogP contribution is -2.40. The molecule has 0 aromatic heterocycles. The maximum atomic E-state index is 12.8. The van der Waals surface area contributed by atoms with Crippen molar-refractivity contribution in [2.45, 2.75) is 4.90 Å². The number of nitro groups is 1. The summed E-state index contributed by atoms with van der Waals surface area (Å²) >= 11 is 6.21. The van der Waals surface area contributed by atoms with E-state index in [0.717, 1.165) is 11.5 Å². The molecule has 0 radical (unpaired) electrons. The van der Waals surface area contributed by atoms with Crippen LogP contribution in [-0.2, 0) is 14.8 Å². The van der Waals surface area contributed by atoms with Crippen LogP contribution in [0.5, 0.6) is 11.5 Å². The van der Waals surface area contributed by atoms with Gasteiger partial charge >= 0.3 is 5.69 Å². The molecule has 0 spiro atoms. The molecule has 1 heterocycles. The minimum absolute atomic E-state index is 0.0617. The van der Waals surface area contributed by atoms with Gasteiger partial charge in [-0.1, -0.05) is 35.9 Å². The zero-order valence-corrected chi connectivity index (χ0v) is 17.2. The Labute approximate surface area is 177 Å². The molecule has 0 unspecified atom stereocenters. The second kappa shape index (κ2) is 8.19. The van der Waals surface area contributed by atoms with E-state index in [2.05, 4.69) is 0 Å². The Bertz CT molecular complexity index is 1230. The summed E-state index contributed by atoms with van der Waals surface area (Å²) in [7, 11) is -3.87. The Balaban J connectivity index is 1.74. The van der Waals surface area contributed by atoms with Crippen LogP contribution in [0.25, 0.3) is 10.8 Å². The maximum Gasteiger partial charge on any atom is 0.312 e. The van der Waals surface area contributed by atoms with Crippen LogP contribution in [0.15, 0.2) is 59.5 Å². The molecular formula is C20H17ClN2O6S. The van der Waals surface area contributed by atoms with E-state index in [1.54, 1.807) is 24.3 Å². The molecule has 1 aliphatic heterocycles. The number of hydrogen-bond acceptors (Lipinski definition) is 6. The van der Waals surface area contributed by atoms with Gasteiger partial charge in [0, 0.05) is 35.0 Å². The van der Waals surface area contributed by atoms with Crippen molar-refractivity contribution in [1.29, 1.82) is 0 Å². The van der Waals surface area contributed by atoms with E-state index in [1.807, 2.05) is 12.1 Å². The molecule has 4 rings (SSSR count). The van der Waals surface area contributed by atoms with Crippen LogP contribution in [0.4, 0.5) is 5.69 Å². The van der Waals surface area contributed by atoms with Crippen LogP contribution in [0.1, 0.15) is 0 Å². The van der Waals surface area contributed by atoms with Crippen molar-refractivity contribution in [3.63, 3.8) is 0 Å². The first-order chi connectivity index (χ1) is 14.4. The topological polar surface area (TPSA) is 99.0 Å². The van der Waals surface area contributed by atoms with E-state index in [1.165, 1.54) is 16.4 Å². The van der Waals surface area contributed by atoms with E-state index in [9.17, 15) is 18.5 Å². The summed E-state index contributed by atoms with van der Waals surface area (Å²) in [5.74, 6) is 0.315. The molecule has 3 aromatic carbocycles. The monoisotopic (exact) mass is 448 g/mol. The summed E-state index contributed by atoms with van der Waals surface area (Å²) in [5, 5.41) is 13.6. The number of ether oxygens (including phenoxy) is 2. The highest BCUT2D eigenvalue weighted by atomic mass is 35.5. The fourth-order valence-electron chi connectivity index (χ4n) is 3.26. The lowest BCUT2D eigenvalue weighted by molar-refractivity contribution is -0.385. The molecular weight excluding hydrogens is 432 g/mol. The van der Waals surface area contributed by atoms with Crippen molar-refractivity contribution in [3.8, 4) is 11.5 Å². The third-order valence-electron chi connectivity index (χ3n) is 4.79. The van der Waals surface area contributed by atoms with E-state index in [-0.39, 0.29) is 36.9 Å². The standard InChI is InChI=1S/C20H17ClN2O6S/c21-17-6-8-19(16-4-2-1-3-15(16)17)29-20-7-5-14(13-18(20)23(24)25)30(26,27)22-9-11-28-12-10-22/h1-8,13H,9-12H2. The number of morpholine rings is 1. The third-order valence-corrected chi connectivity index (χ3v) is 7.01. The number of benzene rings is 3. The molecule has 10 heteroatoms. The van der Waals surface area contributed by atoms with Crippen LogP contribution in [0.3, 0.4) is 0 Å². The zero-order valence-electron chi connectivity index (χ0n) is 15.7. The molecule has 0 atom stereocenters. The SMILES string of the molecule is O=[N+]([O-])c1cc(S(=O)(=O)N2CCOCC2)ccc1Oc1ccc(Cl)c2ccccc12. The molecule has 1 fully saturated rings. The highest BCUT2D eigenvalue weighted by Gasteiger charge is 2.29. The lowest BCUT2D eigenvalue weighted by atomic mass is 10.1. The van der Waals surface area contributed by atoms with Gasteiger partial charge in [-0.15, -0.1) is 0 Å². The van der Waals surface area contributed by atoms with Gasteiger partial charge in [-0.25, -0.2) is 8.42 Å². The Hall–Kier alpha value is -2.72. The Morgan fingerprint density at radius 1 is 1.00 bits per heavy atom. The summed E-state index contributed by atoms with van der Waals surface area (Å²) < 4.78 is 37.9.